The Bertz CT molecular complexity index is 847. The van der Waals surface area contributed by atoms with Crippen LogP contribution >= 0.6 is 0 Å². The fourth-order valence-electron chi connectivity index (χ4n) is 5.64. The number of hydrogen-bond donors (Lipinski definition) is 1. The van der Waals surface area contributed by atoms with Crippen molar-refractivity contribution in [2.45, 2.75) is 63.5 Å². The third-order valence-corrected chi connectivity index (χ3v) is 7.46. The van der Waals surface area contributed by atoms with Crippen LogP contribution < -0.4 is 4.90 Å². The summed E-state index contributed by atoms with van der Waals surface area (Å²) < 4.78 is 1.98. The average molecular weight is 396 g/mol. The molecule has 0 amide bonds. The number of fused-ring (bicyclic) bond motifs is 1. The lowest BCUT2D eigenvalue weighted by atomic mass is 9.92. The summed E-state index contributed by atoms with van der Waals surface area (Å²) in [6.07, 6.45) is 8.67. The molecule has 2 aromatic rings. The summed E-state index contributed by atoms with van der Waals surface area (Å²) in [5.74, 6) is 2.18. The quantitative estimate of drug-likeness (QED) is 0.863. The van der Waals surface area contributed by atoms with Crippen LogP contribution in [-0.2, 0) is 26.5 Å². The van der Waals surface area contributed by atoms with Crippen molar-refractivity contribution in [3.05, 3.63) is 41.0 Å². The van der Waals surface area contributed by atoms with Gasteiger partial charge in [-0.3, -0.25) is 0 Å². The Morgan fingerprint density at radius 2 is 1.72 bits per heavy atom. The number of piperidine rings is 2. The van der Waals surface area contributed by atoms with Gasteiger partial charge in [0.2, 0.25) is 0 Å². The number of aliphatic hydroxyl groups is 1. The van der Waals surface area contributed by atoms with E-state index in [0.29, 0.717) is 17.8 Å². The third kappa shape index (κ3) is 3.68. The molecule has 0 spiro atoms. The number of aromatic nitrogens is 3. The van der Waals surface area contributed by atoms with E-state index in [0.717, 1.165) is 31.8 Å². The van der Waals surface area contributed by atoms with Gasteiger partial charge < -0.3 is 19.5 Å². The molecule has 1 N–H and O–H groups in total. The van der Waals surface area contributed by atoms with E-state index in [1.165, 1.54) is 50.9 Å². The molecule has 0 atom stereocenters. The van der Waals surface area contributed by atoms with E-state index in [4.69, 9.17) is 0 Å². The second-order valence-electron chi connectivity index (χ2n) is 9.03. The summed E-state index contributed by atoms with van der Waals surface area (Å²) in [5.41, 5.74) is 4.59. The predicted molar refractivity (Wildman–Crippen MR) is 114 cm³/mol. The largest absolute Gasteiger partial charge is 0.388 e. The van der Waals surface area contributed by atoms with Gasteiger partial charge in [0.15, 0.2) is 5.82 Å². The van der Waals surface area contributed by atoms with Crippen molar-refractivity contribution < 1.29 is 5.11 Å². The van der Waals surface area contributed by atoms with Crippen molar-refractivity contribution >= 4 is 5.69 Å². The number of nitrogens with zero attached hydrogens (tertiary/aromatic N) is 5. The maximum Gasteiger partial charge on any atom is 0.158 e. The van der Waals surface area contributed by atoms with Gasteiger partial charge in [0.05, 0.1) is 0 Å². The molecule has 2 saturated heterocycles. The van der Waals surface area contributed by atoms with Crippen molar-refractivity contribution in [1.29, 1.82) is 0 Å². The van der Waals surface area contributed by atoms with E-state index in [1.807, 2.05) is 11.6 Å². The third-order valence-electron chi connectivity index (χ3n) is 7.46. The molecule has 0 bridgehead atoms. The molecule has 2 aliphatic heterocycles. The van der Waals surface area contributed by atoms with Crippen LogP contribution in [0.15, 0.2) is 18.2 Å². The molecule has 1 aromatic heterocycles. The maximum absolute atomic E-state index is 9.36. The second-order valence-corrected chi connectivity index (χ2v) is 9.03. The highest BCUT2D eigenvalue weighted by Gasteiger charge is 2.30. The number of rotatable bonds is 4. The Labute approximate surface area is 173 Å². The van der Waals surface area contributed by atoms with E-state index in [-0.39, 0.29) is 6.61 Å². The molecule has 0 radical (unpaired) electrons. The number of likely N-dealkylation sites (tertiary alicyclic amines) is 1. The molecule has 1 aliphatic carbocycles. The van der Waals surface area contributed by atoms with Crippen LogP contribution in [0.4, 0.5) is 5.69 Å². The first-order valence-corrected chi connectivity index (χ1v) is 11.3. The van der Waals surface area contributed by atoms with Crippen molar-refractivity contribution in [2.24, 2.45) is 7.05 Å². The minimum atomic E-state index is -0.0366. The van der Waals surface area contributed by atoms with E-state index in [9.17, 15) is 5.11 Å². The summed E-state index contributed by atoms with van der Waals surface area (Å²) in [7, 11) is 1.97. The van der Waals surface area contributed by atoms with Crippen LogP contribution in [0, 0.1) is 0 Å². The lowest BCUT2D eigenvalue weighted by Crippen LogP contribution is -2.47. The van der Waals surface area contributed by atoms with Crippen molar-refractivity contribution in [3.63, 3.8) is 0 Å². The van der Waals surface area contributed by atoms with E-state index < -0.39 is 0 Å². The lowest BCUT2D eigenvalue weighted by Gasteiger charge is -2.42. The first-order chi connectivity index (χ1) is 14.2. The first kappa shape index (κ1) is 19.1. The number of hydrogen-bond acceptors (Lipinski definition) is 5. The maximum atomic E-state index is 9.36. The van der Waals surface area contributed by atoms with Gasteiger partial charge in [0, 0.05) is 37.8 Å². The monoisotopic (exact) mass is 395 g/mol. The second kappa shape index (κ2) is 8.07. The van der Waals surface area contributed by atoms with Crippen molar-refractivity contribution in [2.75, 3.05) is 31.1 Å². The van der Waals surface area contributed by atoms with Crippen LogP contribution in [0.25, 0.3) is 0 Å². The smallest absolute Gasteiger partial charge is 0.158 e. The summed E-state index contributed by atoms with van der Waals surface area (Å²) in [6.45, 7) is 4.61. The fraction of sp³-hybridized carbons (Fsp3) is 0.652. The van der Waals surface area contributed by atoms with Gasteiger partial charge in [-0.2, -0.15) is 0 Å². The minimum absolute atomic E-state index is 0.0366. The zero-order valence-corrected chi connectivity index (χ0v) is 17.6. The number of benzene rings is 1. The van der Waals surface area contributed by atoms with Crippen LogP contribution in [0.1, 0.15) is 60.8 Å². The Kier molecular flexibility index (Phi) is 5.31. The van der Waals surface area contributed by atoms with Gasteiger partial charge in [0.1, 0.15) is 12.4 Å². The van der Waals surface area contributed by atoms with Crippen LogP contribution in [0.5, 0.6) is 0 Å². The summed E-state index contributed by atoms with van der Waals surface area (Å²) in [4.78, 5) is 5.30. The molecule has 6 heteroatoms. The molecule has 1 aromatic carbocycles. The van der Waals surface area contributed by atoms with Gasteiger partial charge in [-0.1, -0.05) is 6.07 Å². The standard InChI is InChI=1S/C23H33N5O/c1-26-22(16-29)24-25-23(26)18-7-11-27(12-8-18)20-9-13-28(14-10-20)21-6-5-17-3-2-4-19(17)15-21/h5-6,15,18,20,29H,2-4,7-14,16H2,1H3. The molecule has 3 heterocycles. The molecule has 0 unspecified atom stereocenters. The Balaban J connectivity index is 1.15. The Hall–Kier alpha value is -1.92. The number of aryl methyl sites for hydroxylation is 2. The SMILES string of the molecule is Cn1c(CO)nnc1C1CCN(C2CCN(c3ccc4c(c3)CCC4)CC2)CC1. The highest BCUT2D eigenvalue weighted by molar-refractivity contribution is 5.52. The Morgan fingerprint density at radius 3 is 2.45 bits per heavy atom. The number of aliphatic hydroxyl groups excluding tert-OH is 1. The highest BCUT2D eigenvalue weighted by atomic mass is 16.3. The topological polar surface area (TPSA) is 57.4 Å². The van der Waals surface area contributed by atoms with E-state index in [2.05, 4.69) is 38.2 Å². The molecular formula is C23H33N5O. The molecule has 0 saturated carbocycles. The van der Waals surface area contributed by atoms with Crippen LogP contribution in [-0.4, -0.2) is 57.0 Å². The van der Waals surface area contributed by atoms with Crippen LogP contribution in [0.2, 0.25) is 0 Å². The minimum Gasteiger partial charge on any atom is -0.388 e. The summed E-state index contributed by atoms with van der Waals surface area (Å²) >= 11 is 0. The Morgan fingerprint density at radius 1 is 0.966 bits per heavy atom. The molecule has 6 nitrogen and oxygen atoms in total. The normalized spacial score (nSPS) is 21.7. The molecular weight excluding hydrogens is 362 g/mol. The average Bonchev–Trinajstić information content (AvgIpc) is 3.39. The van der Waals surface area contributed by atoms with Crippen LogP contribution in [0.3, 0.4) is 0 Å². The summed E-state index contributed by atoms with van der Waals surface area (Å²) in [5, 5.41) is 17.8. The van der Waals surface area contributed by atoms with Gasteiger partial charge in [0.25, 0.3) is 0 Å². The number of anilines is 1. The molecule has 156 valence electrons. The van der Waals surface area contributed by atoms with Gasteiger partial charge in [-0.15, -0.1) is 10.2 Å². The zero-order chi connectivity index (χ0) is 19.8. The van der Waals surface area contributed by atoms with Gasteiger partial charge >= 0.3 is 0 Å². The van der Waals surface area contributed by atoms with E-state index >= 15 is 0 Å². The van der Waals surface area contributed by atoms with Crippen molar-refractivity contribution in [1.82, 2.24) is 19.7 Å². The van der Waals surface area contributed by atoms with Gasteiger partial charge in [-0.05, 0) is 81.3 Å². The molecule has 29 heavy (non-hydrogen) atoms. The van der Waals surface area contributed by atoms with Gasteiger partial charge in [-0.25, -0.2) is 0 Å². The summed E-state index contributed by atoms with van der Waals surface area (Å²) in [6, 6.07) is 7.88. The first-order valence-electron chi connectivity index (χ1n) is 11.3. The highest BCUT2D eigenvalue weighted by Crippen LogP contribution is 2.32. The van der Waals surface area contributed by atoms with E-state index in [1.54, 1.807) is 11.1 Å². The predicted octanol–water partition coefficient (Wildman–Crippen LogP) is 2.64. The lowest BCUT2D eigenvalue weighted by molar-refractivity contribution is 0.129. The molecule has 3 aliphatic rings. The fourth-order valence-corrected chi connectivity index (χ4v) is 5.64. The molecule has 5 rings (SSSR count). The molecule has 2 fully saturated rings. The van der Waals surface area contributed by atoms with Crippen molar-refractivity contribution in [3.8, 4) is 0 Å². The zero-order valence-electron chi connectivity index (χ0n) is 17.6.